The number of aryl methyl sites for hydroxylation is 1. The number of fused-ring (bicyclic) bond motifs is 1. The van der Waals surface area contributed by atoms with Crippen molar-refractivity contribution in [2.24, 2.45) is 0 Å². The summed E-state index contributed by atoms with van der Waals surface area (Å²) in [6.07, 6.45) is 2.13. The summed E-state index contributed by atoms with van der Waals surface area (Å²) in [5.41, 5.74) is 4.96. The Hall–Kier alpha value is -2.67. The minimum absolute atomic E-state index is 0.0210. The van der Waals surface area contributed by atoms with E-state index in [4.69, 9.17) is 0 Å². The molecule has 1 aromatic carbocycles. The standard InChI is InChI=1S/C23H31N5O2/c1-3-4-21(29)28-10-9-20-19(16-28)22(25-24-20)23(30)27-13-11-26(12-14-27)15-18-7-5-17(2)6-8-18/h5-8H,3-4,9-16H2,1-2H3,(H,24,25). The number of amides is 2. The van der Waals surface area contributed by atoms with Crippen molar-refractivity contribution in [1.29, 1.82) is 0 Å². The molecule has 3 heterocycles. The molecule has 1 saturated heterocycles. The summed E-state index contributed by atoms with van der Waals surface area (Å²) in [4.78, 5) is 31.6. The van der Waals surface area contributed by atoms with E-state index in [1.54, 1.807) is 0 Å². The van der Waals surface area contributed by atoms with Gasteiger partial charge in [-0.25, -0.2) is 0 Å². The van der Waals surface area contributed by atoms with Crippen LogP contribution < -0.4 is 0 Å². The number of aromatic amines is 1. The van der Waals surface area contributed by atoms with Gasteiger partial charge in [0.15, 0.2) is 5.69 Å². The number of hydrogen-bond acceptors (Lipinski definition) is 4. The van der Waals surface area contributed by atoms with Crippen molar-refractivity contribution >= 4 is 11.8 Å². The van der Waals surface area contributed by atoms with Crippen LogP contribution in [0, 0.1) is 6.92 Å². The third-order valence-corrected chi connectivity index (χ3v) is 6.14. The highest BCUT2D eigenvalue weighted by Crippen LogP contribution is 2.23. The maximum absolute atomic E-state index is 13.2. The van der Waals surface area contributed by atoms with Crippen molar-refractivity contribution in [2.45, 2.75) is 46.2 Å². The van der Waals surface area contributed by atoms with Crippen LogP contribution in [0.1, 0.15) is 52.6 Å². The Morgan fingerprint density at radius 2 is 1.77 bits per heavy atom. The van der Waals surface area contributed by atoms with Crippen LogP contribution in [0.25, 0.3) is 0 Å². The molecule has 0 radical (unpaired) electrons. The second-order valence-corrected chi connectivity index (χ2v) is 8.40. The number of nitrogens with one attached hydrogen (secondary N) is 1. The highest BCUT2D eigenvalue weighted by molar-refractivity contribution is 5.94. The van der Waals surface area contributed by atoms with Gasteiger partial charge in [0.1, 0.15) is 0 Å². The summed E-state index contributed by atoms with van der Waals surface area (Å²) in [6, 6.07) is 8.64. The summed E-state index contributed by atoms with van der Waals surface area (Å²) < 4.78 is 0. The highest BCUT2D eigenvalue weighted by atomic mass is 16.2. The van der Waals surface area contributed by atoms with Crippen molar-refractivity contribution < 1.29 is 9.59 Å². The van der Waals surface area contributed by atoms with Crippen LogP contribution in [0.5, 0.6) is 0 Å². The topological polar surface area (TPSA) is 72.5 Å². The molecule has 0 unspecified atom stereocenters. The quantitative estimate of drug-likeness (QED) is 0.823. The van der Waals surface area contributed by atoms with E-state index >= 15 is 0 Å². The fourth-order valence-corrected chi connectivity index (χ4v) is 4.27. The summed E-state index contributed by atoms with van der Waals surface area (Å²) in [7, 11) is 0. The number of benzene rings is 1. The lowest BCUT2D eigenvalue weighted by Crippen LogP contribution is -2.48. The van der Waals surface area contributed by atoms with Crippen molar-refractivity contribution in [1.82, 2.24) is 24.9 Å². The molecule has 160 valence electrons. The van der Waals surface area contributed by atoms with Crippen LogP contribution >= 0.6 is 0 Å². The highest BCUT2D eigenvalue weighted by Gasteiger charge is 2.31. The average Bonchev–Trinajstić information content (AvgIpc) is 3.19. The molecule has 2 amide bonds. The number of carbonyl (C=O) groups is 2. The van der Waals surface area contributed by atoms with Crippen LogP contribution in [0.15, 0.2) is 24.3 Å². The maximum atomic E-state index is 13.2. The van der Waals surface area contributed by atoms with Gasteiger partial charge in [-0.2, -0.15) is 5.10 Å². The predicted molar refractivity (Wildman–Crippen MR) is 115 cm³/mol. The van der Waals surface area contributed by atoms with Crippen LogP contribution in [0.3, 0.4) is 0 Å². The second-order valence-electron chi connectivity index (χ2n) is 8.40. The molecule has 7 nitrogen and oxygen atoms in total. The first-order valence-electron chi connectivity index (χ1n) is 11.0. The molecule has 0 aliphatic carbocycles. The number of H-pyrrole nitrogens is 1. The maximum Gasteiger partial charge on any atom is 0.274 e. The normalized spacial score (nSPS) is 17.1. The Labute approximate surface area is 178 Å². The van der Waals surface area contributed by atoms with E-state index in [9.17, 15) is 9.59 Å². The molecule has 2 aromatic rings. The van der Waals surface area contributed by atoms with E-state index in [0.717, 1.165) is 43.7 Å². The SMILES string of the molecule is CCCC(=O)N1CCc2[nH]nc(C(=O)N3CCN(Cc4ccc(C)cc4)CC3)c2C1. The Bertz CT molecular complexity index is 897. The molecular weight excluding hydrogens is 378 g/mol. The smallest absolute Gasteiger partial charge is 0.274 e. The zero-order chi connectivity index (χ0) is 21.1. The molecule has 4 rings (SSSR count). The first-order valence-corrected chi connectivity index (χ1v) is 11.0. The lowest BCUT2D eigenvalue weighted by atomic mass is 10.0. The first kappa shape index (κ1) is 20.6. The molecule has 0 spiro atoms. The predicted octanol–water partition coefficient (Wildman–Crippen LogP) is 2.36. The summed E-state index contributed by atoms with van der Waals surface area (Å²) in [6.45, 7) is 9.31. The number of hydrogen-bond donors (Lipinski definition) is 1. The van der Waals surface area contributed by atoms with Crippen molar-refractivity contribution in [3.63, 3.8) is 0 Å². The first-order chi connectivity index (χ1) is 14.5. The molecule has 1 N–H and O–H groups in total. The third kappa shape index (κ3) is 4.41. The zero-order valence-corrected chi connectivity index (χ0v) is 18.0. The van der Waals surface area contributed by atoms with Gasteiger partial charge in [0.05, 0.1) is 0 Å². The van der Waals surface area contributed by atoms with Gasteiger partial charge in [-0.05, 0) is 18.9 Å². The molecule has 2 aliphatic rings. The number of piperazine rings is 1. The zero-order valence-electron chi connectivity index (χ0n) is 18.0. The molecule has 2 aliphatic heterocycles. The molecule has 30 heavy (non-hydrogen) atoms. The van der Waals surface area contributed by atoms with Gasteiger partial charge < -0.3 is 9.80 Å². The van der Waals surface area contributed by atoms with Crippen molar-refractivity contribution in [2.75, 3.05) is 32.7 Å². The molecule has 7 heteroatoms. The van der Waals surface area contributed by atoms with E-state index in [1.807, 2.05) is 16.7 Å². The fraction of sp³-hybridized carbons (Fsp3) is 0.522. The van der Waals surface area contributed by atoms with E-state index in [1.165, 1.54) is 11.1 Å². The minimum atomic E-state index is -0.0210. The van der Waals surface area contributed by atoms with Gasteiger partial charge in [0.2, 0.25) is 5.91 Å². The number of aromatic nitrogens is 2. The fourth-order valence-electron chi connectivity index (χ4n) is 4.27. The Balaban J connectivity index is 1.37. The van der Waals surface area contributed by atoms with Gasteiger partial charge in [-0.15, -0.1) is 0 Å². The third-order valence-electron chi connectivity index (χ3n) is 6.14. The summed E-state index contributed by atoms with van der Waals surface area (Å²) in [5.74, 6) is 0.139. The molecule has 0 bridgehead atoms. The molecule has 0 saturated carbocycles. The van der Waals surface area contributed by atoms with Crippen LogP contribution in [0.2, 0.25) is 0 Å². The minimum Gasteiger partial charge on any atom is -0.338 e. The monoisotopic (exact) mass is 409 g/mol. The van der Waals surface area contributed by atoms with E-state index in [2.05, 4.69) is 46.3 Å². The van der Waals surface area contributed by atoms with Crippen LogP contribution in [0.4, 0.5) is 0 Å². The average molecular weight is 410 g/mol. The van der Waals surface area contributed by atoms with Gasteiger partial charge in [0, 0.05) is 69.9 Å². The van der Waals surface area contributed by atoms with Gasteiger partial charge >= 0.3 is 0 Å². The number of nitrogens with zero attached hydrogens (tertiary/aromatic N) is 4. The van der Waals surface area contributed by atoms with Gasteiger partial charge in [-0.3, -0.25) is 19.6 Å². The van der Waals surface area contributed by atoms with Crippen molar-refractivity contribution in [3.8, 4) is 0 Å². The van der Waals surface area contributed by atoms with E-state index in [-0.39, 0.29) is 11.8 Å². The van der Waals surface area contributed by atoms with Gasteiger partial charge in [0.25, 0.3) is 5.91 Å². The Morgan fingerprint density at radius 1 is 1.03 bits per heavy atom. The van der Waals surface area contributed by atoms with Gasteiger partial charge in [-0.1, -0.05) is 36.8 Å². The van der Waals surface area contributed by atoms with Crippen molar-refractivity contribution in [3.05, 3.63) is 52.3 Å². The lowest BCUT2D eigenvalue weighted by molar-refractivity contribution is -0.132. The Kier molecular flexibility index (Phi) is 6.18. The summed E-state index contributed by atoms with van der Waals surface area (Å²) >= 11 is 0. The Morgan fingerprint density at radius 3 is 2.47 bits per heavy atom. The molecular formula is C23H31N5O2. The second kappa shape index (κ2) is 9.00. The van der Waals surface area contributed by atoms with Crippen LogP contribution in [-0.2, 0) is 24.3 Å². The summed E-state index contributed by atoms with van der Waals surface area (Å²) in [5, 5.41) is 7.38. The van der Waals surface area contributed by atoms with E-state index in [0.29, 0.717) is 38.3 Å². The molecule has 1 aromatic heterocycles. The lowest BCUT2D eigenvalue weighted by Gasteiger charge is -2.35. The largest absolute Gasteiger partial charge is 0.338 e. The van der Waals surface area contributed by atoms with E-state index < -0.39 is 0 Å². The number of carbonyl (C=O) groups excluding carboxylic acids is 2. The molecule has 1 fully saturated rings. The molecule has 0 atom stereocenters. The van der Waals surface area contributed by atoms with Crippen LogP contribution in [-0.4, -0.2) is 69.4 Å². The number of rotatable bonds is 5.